The monoisotopic (exact) mass is 474 g/mol. The fraction of sp³-hybridized carbons (Fsp3) is 0.185. The van der Waals surface area contributed by atoms with E-state index < -0.39 is 5.97 Å². The number of nitriles is 1. The lowest BCUT2D eigenvalue weighted by Gasteiger charge is -2.15. The number of hydrogen-bond acceptors (Lipinski definition) is 6. The Balaban J connectivity index is 2.03. The second-order valence-electron chi connectivity index (χ2n) is 7.64. The number of carboxylic acid groups (broad SMARTS) is 1. The van der Waals surface area contributed by atoms with Crippen LogP contribution in [0.15, 0.2) is 72.2 Å². The SMILES string of the molecule is CC/C(=C\C(=C(/C)O)c1cccc(CN)c1)Oc1cc(-c2ccc(C#N)s2)ccc1CC(=O)O. The summed E-state index contributed by atoms with van der Waals surface area (Å²) in [6, 6.07) is 18.7. The Labute approximate surface area is 202 Å². The number of carbonyl (C=O) groups is 1. The highest BCUT2D eigenvalue weighted by molar-refractivity contribution is 7.16. The summed E-state index contributed by atoms with van der Waals surface area (Å²) in [5.74, 6) is 0.151. The number of allylic oxidation sites excluding steroid dienone is 4. The van der Waals surface area contributed by atoms with Gasteiger partial charge in [-0.05, 0) is 54.0 Å². The molecule has 0 aliphatic carbocycles. The quantitative estimate of drug-likeness (QED) is 0.257. The number of benzene rings is 2. The zero-order valence-corrected chi connectivity index (χ0v) is 19.9. The van der Waals surface area contributed by atoms with Crippen molar-refractivity contribution in [1.29, 1.82) is 5.26 Å². The van der Waals surface area contributed by atoms with E-state index in [9.17, 15) is 15.0 Å². The lowest BCUT2D eigenvalue weighted by molar-refractivity contribution is -0.136. The average molecular weight is 475 g/mol. The van der Waals surface area contributed by atoms with Gasteiger partial charge in [0.25, 0.3) is 0 Å². The van der Waals surface area contributed by atoms with E-state index in [2.05, 4.69) is 6.07 Å². The number of aliphatic hydroxyl groups is 1. The summed E-state index contributed by atoms with van der Waals surface area (Å²) < 4.78 is 6.22. The topological polar surface area (TPSA) is 117 Å². The second kappa shape index (κ2) is 11.3. The zero-order valence-electron chi connectivity index (χ0n) is 19.0. The van der Waals surface area contributed by atoms with E-state index in [-0.39, 0.29) is 12.2 Å². The molecular formula is C27H26N2O4S. The highest BCUT2D eigenvalue weighted by atomic mass is 32.1. The molecule has 0 bridgehead atoms. The van der Waals surface area contributed by atoms with Crippen LogP contribution in [0.25, 0.3) is 16.0 Å². The molecule has 0 spiro atoms. The van der Waals surface area contributed by atoms with E-state index in [4.69, 9.17) is 15.7 Å². The van der Waals surface area contributed by atoms with Gasteiger partial charge in [0.1, 0.15) is 22.5 Å². The van der Waals surface area contributed by atoms with Crippen molar-refractivity contribution in [2.45, 2.75) is 33.2 Å². The number of nitrogens with zero attached hydrogens (tertiary/aromatic N) is 1. The van der Waals surface area contributed by atoms with E-state index in [0.717, 1.165) is 21.6 Å². The van der Waals surface area contributed by atoms with Crippen LogP contribution in [0.1, 0.15) is 41.8 Å². The molecule has 34 heavy (non-hydrogen) atoms. The summed E-state index contributed by atoms with van der Waals surface area (Å²) in [4.78, 5) is 12.9. The molecule has 7 heteroatoms. The largest absolute Gasteiger partial charge is 0.512 e. The first-order valence-electron chi connectivity index (χ1n) is 10.8. The zero-order chi connectivity index (χ0) is 24.7. The van der Waals surface area contributed by atoms with Crippen LogP contribution in [-0.4, -0.2) is 16.2 Å². The van der Waals surface area contributed by atoms with Gasteiger partial charge < -0.3 is 20.7 Å². The predicted molar refractivity (Wildman–Crippen MR) is 134 cm³/mol. The van der Waals surface area contributed by atoms with Gasteiger partial charge in [-0.3, -0.25) is 4.79 Å². The van der Waals surface area contributed by atoms with Crippen molar-refractivity contribution in [3.05, 3.63) is 93.8 Å². The smallest absolute Gasteiger partial charge is 0.307 e. The van der Waals surface area contributed by atoms with E-state index in [1.807, 2.05) is 43.3 Å². The Hall–Kier alpha value is -3.86. The minimum atomic E-state index is -0.965. The number of aliphatic hydroxyl groups excluding tert-OH is 1. The Kier molecular flexibility index (Phi) is 8.25. The van der Waals surface area contributed by atoms with Crippen LogP contribution in [0, 0.1) is 11.3 Å². The van der Waals surface area contributed by atoms with Crippen LogP contribution in [0.4, 0.5) is 0 Å². The number of ether oxygens (including phenoxy) is 1. The van der Waals surface area contributed by atoms with E-state index in [0.29, 0.717) is 40.5 Å². The van der Waals surface area contributed by atoms with Gasteiger partial charge in [-0.2, -0.15) is 5.26 Å². The predicted octanol–water partition coefficient (Wildman–Crippen LogP) is 6.03. The van der Waals surface area contributed by atoms with Gasteiger partial charge in [0.2, 0.25) is 0 Å². The lowest BCUT2D eigenvalue weighted by atomic mass is 10.0. The highest BCUT2D eigenvalue weighted by Gasteiger charge is 2.14. The molecule has 0 amide bonds. The standard InChI is InChI=1S/C27H26N2O4S/c1-3-22(14-24(17(2)30)19-6-4-5-18(11-19)15-28)33-25-12-21(8-7-20(25)13-27(31)32)26-10-9-23(16-29)34-26/h4-12,14,30H,3,13,15,28H2,1-2H3,(H,31,32)/b22-14+,24-17-. The Morgan fingerprint density at radius 2 is 1.97 bits per heavy atom. The van der Waals surface area contributed by atoms with Crippen LogP contribution >= 0.6 is 11.3 Å². The molecule has 174 valence electrons. The molecule has 6 nitrogen and oxygen atoms in total. The molecule has 3 aromatic rings. The van der Waals surface area contributed by atoms with E-state index in [1.165, 1.54) is 11.3 Å². The van der Waals surface area contributed by atoms with Gasteiger partial charge in [0.15, 0.2) is 0 Å². The van der Waals surface area contributed by atoms with Crippen LogP contribution in [0.3, 0.4) is 0 Å². The molecule has 4 N–H and O–H groups in total. The molecule has 1 aromatic heterocycles. The van der Waals surface area contributed by atoms with Crippen LogP contribution in [-0.2, 0) is 17.8 Å². The van der Waals surface area contributed by atoms with Gasteiger partial charge in [-0.25, -0.2) is 0 Å². The number of hydrogen-bond donors (Lipinski definition) is 3. The van der Waals surface area contributed by atoms with Crippen molar-refractivity contribution in [2.75, 3.05) is 0 Å². The molecule has 0 aliphatic rings. The average Bonchev–Trinajstić information content (AvgIpc) is 3.31. The number of aliphatic carboxylic acids is 1. The summed E-state index contributed by atoms with van der Waals surface area (Å²) in [6.45, 7) is 3.91. The summed E-state index contributed by atoms with van der Waals surface area (Å²) in [6.07, 6.45) is 2.09. The van der Waals surface area contributed by atoms with Gasteiger partial charge in [-0.15, -0.1) is 11.3 Å². The lowest BCUT2D eigenvalue weighted by Crippen LogP contribution is -2.05. The molecule has 1 heterocycles. The molecule has 2 aromatic carbocycles. The molecule has 0 fully saturated rings. The van der Waals surface area contributed by atoms with Crippen molar-refractivity contribution < 1.29 is 19.7 Å². The second-order valence-corrected chi connectivity index (χ2v) is 8.72. The third-order valence-corrected chi connectivity index (χ3v) is 6.21. The first-order chi connectivity index (χ1) is 16.3. The maximum atomic E-state index is 11.4. The first-order valence-corrected chi connectivity index (χ1v) is 11.6. The molecular weight excluding hydrogens is 448 g/mol. The van der Waals surface area contributed by atoms with Crippen LogP contribution in [0.2, 0.25) is 0 Å². The molecule has 0 radical (unpaired) electrons. The minimum Gasteiger partial charge on any atom is -0.512 e. The molecule has 0 saturated carbocycles. The summed E-state index contributed by atoms with van der Waals surface area (Å²) in [7, 11) is 0. The fourth-order valence-corrected chi connectivity index (χ4v) is 4.23. The third kappa shape index (κ3) is 6.13. The normalized spacial score (nSPS) is 12.1. The first kappa shape index (κ1) is 24.8. The Morgan fingerprint density at radius 3 is 2.59 bits per heavy atom. The Morgan fingerprint density at radius 1 is 1.18 bits per heavy atom. The van der Waals surface area contributed by atoms with Crippen molar-refractivity contribution >= 4 is 22.9 Å². The Bertz CT molecular complexity index is 1290. The van der Waals surface area contributed by atoms with Gasteiger partial charge >= 0.3 is 5.97 Å². The van der Waals surface area contributed by atoms with Gasteiger partial charge in [-0.1, -0.05) is 37.3 Å². The maximum Gasteiger partial charge on any atom is 0.307 e. The van der Waals surface area contributed by atoms with Gasteiger partial charge in [0, 0.05) is 29.0 Å². The minimum absolute atomic E-state index is 0.130. The van der Waals surface area contributed by atoms with Crippen molar-refractivity contribution in [1.82, 2.24) is 0 Å². The van der Waals surface area contributed by atoms with E-state index >= 15 is 0 Å². The van der Waals surface area contributed by atoms with Crippen molar-refractivity contribution in [3.8, 4) is 22.3 Å². The van der Waals surface area contributed by atoms with Crippen molar-refractivity contribution in [3.63, 3.8) is 0 Å². The van der Waals surface area contributed by atoms with Crippen molar-refractivity contribution in [2.24, 2.45) is 5.73 Å². The van der Waals surface area contributed by atoms with Crippen LogP contribution < -0.4 is 10.5 Å². The molecule has 3 rings (SSSR count). The molecule has 0 unspecified atom stereocenters. The summed E-state index contributed by atoms with van der Waals surface area (Å²) >= 11 is 1.36. The number of rotatable bonds is 9. The number of thiophene rings is 1. The molecule has 0 aliphatic heterocycles. The van der Waals surface area contributed by atoms with Crippen LogP contribution in [0.5, 0.6) is 5.75 Å². The number of carboxylic acids is 1. The summed E-state index contributed by atoms with van der Waals surface area (Å²) in [5.41, 5.74) is 9.47. The maximum absolute atomic E-state index is 11.4. The fourth-order valence-electron chi connectivity index (χ4n) is 3.43. The number of nitrogens with two attached hydrogens (primary N) is 1. The van der Waals surface area contributed by atoms with E-state index in [1.54, 1.807) is 31.2 Å². The third-order valence-electron chi connectivity index (χ3n) is 5.17. The summed E-state index contributed by atoms with van der Waals surface area (Å²) in [5, 5.41) is 28.9. The van der Waals surface area contributed by atoms with Gasteiger partial charge in [0.05, 0.1) is 12.2 Å². The molecule has 0 saturated heterocycles. The molecule has 0 atom stereocenters. The highest BCUT2D eigenvalue weighted by Crippen LogP contribution is 2.34.